The highest BCUT2D eigenvalue weighted by Crippen LogP contribution is 1.82. The third kappa shape index (κ3) is 1.73. The molecule has 0 heterocycles. The van der Waals surface area contributed by atoms with Crippen molar-refractivity contribution < 1.29 is 14.3 Å². The molecule has 3 heteroatoms. The van der Waals surface area contributed by atoms with Crippen molar-refractivity contribution in [3.8, 4) is 0 Å². The van der Waals surface area contributed by atoms with Crippen LogP contribution in [0.4, 0.5) is 0 Å². The minimum absolute atomic E-state index is 0.365. The molecule has 0 aromatic rings. The van der Waals surface area contributed by atoms with Gasteiger partial charge in [-0.05, 0) is 6.92 Å². The molecule has 0 aliphatic rings. The SMILES string of the molecule is [CH]CC(=O)C(=O)O[CH]. The lowest BCUT2D eigenvalue weighted by atomic mass is 10.3. The molecule has 4 radical (unpaired) electrons. The molecule has 0 aromatic carbocycles. The van der Waals surface area contributed by atoms with Gasteiger partial charge in [0.05, 0.1) is 0 Å². The minimum atomic E-state index is -1.10. The zero-order valence-electron chi connectivity index (χ0n) is 4.09. The van der Waals surface area contributed by atoms with Crippen molar-refractivity contribution >= 4 is 11.8 Å². The van der Waals surface area contributed by atoms with Crippen LogP contribution in [0, 0.1) is 14.0 Å². The standard InChI is InChI=1S/C5H4O3/c1-3-4(6)5(7)8-2/h1-2H,3H2. The quantitative estimate of drug-likeness (QED) is 0.369. The van der Waals surface area contributed by atoms with Gasteiger partial charge < -0.3 is 4.74 Å². The maximum Gasteiger partial charge on any atom is 0.375 e. The topological polar surface area (TPSA) is 43.4 Å². The first kappa shape index (κ1) is 7.14. The number of hydrogen-bond acceptors (Lipinski definition) is 3. The van der Waals surface area contributed by atoms with Gasteiger partial charge >= 0.3 is 5.97 Å². The van der Waals surface area contributed by atoms with E-state index in [0.717, 1.165) is 0 Å². The van der Waals surface area contributed by atoms with Gasteiger partial charge in [-0.15, -0.1) is 0 Å². The molecular weight excluding hydrogens is 108 g/mol. The van der Waals surface area contributed by atoms with Crippen LogP contribution in [0.1, 0.15) is 6.42 Å². The zero-order chi connectivity index (χ0) is 6.57. The number of carbonyl (C=O) groups is 2. The van der Waals surface area contributed by atoms with Gasteiger partial charge in [-0.1, -0.05) is 0 Å². The van der Waals surface area contributed by atoms with E-state index in [0.29, 0.717) is 0 Å². The summed E-state index contributed by atoms with van der Waals surface area (Å²) in [6.45, 7) is 4.74. The summed E-state index contributed by atoms with van der Waals surface area (Å²) in [7, 11) is 4.32. The Kier molecular flexibility index (Phi) is 2.84. The molecular formula is C5H4O3. The highest BCUT2D eigenvalue weighted by atomic mass is 16.5. The van der Waals surface area contributed by atoms with Crippen LogP contribution in [0.3, 0.4) is 0 Å². The van der Waals surface area contributed by atoms with E-state index in [2.05, 4.69) is 11.8 Å². The lowest BCUT2D eigenvalue weighted by Crippen LogP contribution is -2.12. The van der Waals surface area contributed by atoms with Crippen molar-refractivity contribution in [2.24, 2.45) is 0 Å². The molecule has 0 atom stereocenters. The molecule has 0 aliphatic carbocycles. The summed E-state index contributed by atoms with van der Waals surface area (Å²) < 4.78 is 3.53. The summed E-state index contributed by atoms with van der Waals surface area (Å²) in [6, 6.07) is 0. The number of esters is 1. The van der Waals surface area contributed by atoms with E-state index in [1.54, 1.807) is 0 Å². The van der Waals surface area contributed by atoms with Gasteiger partial charge in [0.1, 0.15) is 0 Å². The van der Waals surface area contributed by atoms with Crippen molar-refractivity contribution in [1.29, 1.82) is 0 Å². The Morgan fingerprint density at radius 2 is 2.00 bits per heavy atom. The summed E-state index contributed by atoms with van der Waals surface area (Å²) in [5, 5.41) is 0. The number of ketones is 1. The van der Waals surface area contributed by atoms with Gasteiger partial charge in [-0.2, -0.15) is 0 Å². The second kappa shape index (κ2) is 3.18. The van der Waals surface area contributed by atoms with Gasteiger partial charge in [0.2, 0.25) is 5.78 Å². The fourth-order valence-electron chi connectivity index (χ4n) is 0.149. The first-order valence-electron chi connectivity index (χ1n) is 1.86. The van der Waals surface area contributed by atoms with Crippen LogP contribution in [0.15, 0.2) is 0 Å². The Bertz CT molecular complexity index is 92.2. The fourth-order valence-corrected chi connectivity index (χ4v) is 0.149. The summed E-state index contributed by atoms with van der Waals surface area (Å²) >= 11 is 0. The number of rotatable bonds is 2. The maximum absolute atomic E-state index is 10.1. The molecule has 0 saturated heterocycles. The zero-order valence-corrected chi connectivity index (χ0v) is 4.09. The first-order chi connectivity index (χ1) is 3.72. The van der Waals surface area contributed by atoms with E-state index in [4.69, 9.17) is 6.92 Å². The molecule has 0 fully saturated rings. The Balaban J connectivity index is 3.64. The normalized spacial score (nSPS) is 8.25. The summed E-state index contributed by atoms with van der Waals surface area (Å²) in [5.74, 6) is -1.93. The molecule has 0 amide bonds. The van der Waals surface area contributed by atoms with Crippen molar-refractivity contribution in [1.82, 2.24) is 0 Å². The number of hydrogen-bond donors (Lipinski definition) is 0. The molecule has 0 bridgehead atoms. The molecule has 0 aromatic heterocycles. The molecule has 0 saturated carbocycles. The largest absolute Gasteiger partial charge is 0.448 e. The third-order valence-corrected chi connectivity index (χ3v) is 0.520. The van der Waals surface area contributed by atoms with Crippen LogP contribution in [0.25, 0.3) is 0 Å². The van der Waals surface area contributed by atoms with Gasteiger partial charge in [0.15, 0.2) is 7.11 Å². The van der Waals surface area contributed by atoms with Gasteiger partial charge in [-0.3, -0.25) is 4.79 Å². The molecule has 8 heavy (non-hydrogen) atoms. The minimum Gasteiger partial charge on any atom is -0.448 e. The monoisotopic (exact) mass is 112 g/mol. The Morgan fingerprint density at radius 1 is 1.50 bits per heavy atom. The molecule has 0 rings (SSSR count). The van der Waals surface area contributed by atoms with Gasteiger partial charge in [0, 0.05) is 6.42 Å². The average molecular weight is 112 g/mol. The molecule has 0 aliphatic heterocycles. The number of Topliss-reactive ketones (excluding diaryl/α,β-unsaturated/α-hetero) is 1. The highest BCUT2D eigenvalue weighted by Gasteiger charge is 2.09. The molecule has 0 N–H and O–H groups in total. The van der Waals surface area contributed by atoms with E-state index in [1.165, 1.54) is 0 Å². The van der Waals surface area contributed by atoms with Crippen molar-refractivity contribution in [3.63, 3.8) is 0 Å². The Labute approximate surface area is 47.6 Å². The third-order valence-electron chi connectivity index (χ3n) is 0.520. The summed E-state index contributed by atoms with van der Waals surface area (Å²) in [6.07, 6.45) is -0.365. The summed E-state index contributed by atoms with van der Waals surface area (Å²) in [5.41, 5.74) is 0. The van der Waals surface area contributed by atoms with Crippen LogP contribution in [0.2, 0.25) is 0 Å². The van der Waals surface area contributed by atoms with E-state index in [1.807, 2.05) is 0 Å². The van der Waals surface area contributed by atoms with E-state index in [-0.39, 0.29) is 6.42 Å². The van der Waals surface area contributed by atoms with Crippen LogP contribution in [0.5, 0.6) is 0 Å². The molecule has 0 spiro atoms. The second-order valence-corrected chi connectivity index (χ2v) is 1.03. The average Bonchev–Trinajstić information content (AvgIpc) is 1.84. The smallest absolute Gasteiger partial charge is 0.375 e. The van der Waals surface area contributed by atoms with Crippen molar-refractivity contribution in [2.45, 2.75) is 6.42 Å². The lowest BCUT2D eigenvalue weighted by Gasteiger charge is -1.89. The van der Waals surface area contributed by atoms with Crippen LogP contribution in [-0.4, -0.2) is 11.8 Å². The number of ether oxygens (including phenoxy) is 1. The number of carbonyl (C=O) groups excluding carboxylic acids is 2. The van der Waals surface area contributed by atoms with Crippen LogP contribution < -0.4 is 0 Å². The van der Waals surface area contributed by atoms with Gasteiger partial charge in [-0.25, -0.2) is 4.79 Å². The van der Waals surface area contributed by atoms with Gasteiger partial charge in [0.25, 0.3) is 0 Å². The van der Waals surface area contributed by atoms with E-state index in [9.17, 15) is 9.59 Å². The summed E-state index contributed by atoms with van der Waals surface area (Å²) in [4.78, 5) is 20.0. The van der Waals surface area contributed by atoms with Crippen molar-refractivity contribution in [3.05, 3.63) is 14.0 Å². The van der Waals surface area contributed by atoms with Crippen LogP contribution in [-0.2, 0) is 14.3 Å². The second-order valence-electron chi connectivity index (χ2n) is 1.03. The lowest BCUT2D eigenvalue weighted by molar-refractivity contribution is -0.149. The Morgan fingerprint density at radius 3 is 2.12 bits per heavy atom. The molecule has 0 unspecified atom stereocenters. The first-order valence-corrected chi connectivity index (χ1v) is 1.86. The van der Waals surface area contributed by atoms with Crippen LogP contribution >= 0.6 is 0 Å². The van der Waals surface area contributed by atoms with E-state index >= 15 is 0 Å². The molecule has 3 nitrogen and oxygen atoms in total. The predicted octanol–water partition coefficient (Wildman–Crippen LogP) is -0.132. The molecule has 42 valence electrons. The van der Waals surface area contributed by atoms with Crippen molar-refractivity contribution in [2.75, 3.05) is 0 Å². The maximum atomic E-state index is 10.1. The Hall–Kier alpha value is -0.860. The fraction of sp³-hybridized carbons (Fsp3) is 0.200. The van der Waals surface area contributed by atoms with E-state index < -0.39 is 11.8 Å². The predicted molar refractivity (Wildman–Crippen MR) is 24.3 cm³/mol. The highest BCUT2D eigenvalue weighted by molar-refractivity contribution is 6.33.